The summed E-state index contributed by atoms with van der Waals surface area (Å²) in [4.78, 5) is 22.8. The van der Waals surface area contributed by atoms with E-state index >= 15 is 0 Å². The monoisotopic (exact) mass is 259 g/mol. The van der Waals surface area contributed by atoms with E-state index in [0.717, 1.165) is 18.6 Å². The van der Waals surface area contributed by atoms with Gasteiger partial charge in [0.05, 0.1) is 6.04 Å². The van der Waals surface area contributed by atoms with Crippen molar-refractivity contribution in [2.45, 2.75) is 37.8 Å². The summed E-state index contributed by atoms with van der Waals surface area (Å²) in [5, 5.41) is 5.55. The first-order valence-corrected chi connectivity index (χ1v) is 7.34. The van der Waals surface area contributed by atoms with Crippen LogP contribution in [-0.2, 0) is 9.59 Å². The Balaban J connectivity index is 2.03. The average molecular weight is 259 g/mol. The lowest BCUT2D eigenvalue weighted by Gasteiger charge is -2.11. The smallest absolute Gasteiger partial charge is 0.236 e. The molecule has 0 bridgehead atoms. The molecule has 4 N–H and O–H groups in total. The highest BCUT2D eigenvalue weighted by Gasteiger charge is 2.22. The van der Waals surface area contributed by atoms with Crippen LogP contribution in [0.5, 0.6) is 0 Å². The second kappa shape index (κ2) is 7.55. The Morgan fingerprint density at radius 1 is 1.47 bits per heavy atom. The molecule has 1 atom stereocenters. The molecule has 1 rings (SSSR count). The third-order valence-corrected chi connectivity index (χ3v) is 3.21. The van der Waals surface area contributed by atoms with Gasteiger partial charge in [-0.3, -0.25) is 9.59 Å². The number of hydrogen-bond acceptors (Lipinski definition) is 4. The van der Waals surface area contributed by atoms with Gasteiger partial charge in [0.2, 0.25) is 11.8 Å². The van der Waals surface area contributed by atoms with Crippen LogP contribution in [0.3, 0.4) is 0 Å². The number of thioether (sulfide) groups is 1. The predicted molar refractivity (Wildman–Crippen MR) is 69.8 cm³/mol. The van der Waals surface area contributed by atoms with E-state index in [1.807, 2.05) is 6.26 Å². The predicted octanol–water partition coefficient (Wildman–Crippen LogP) is -0.148. The van der Waals surface area contributed by atoms with Gasteiger partial charge in [-0.15, -0.1) is 0 Å². The summed E-state index contributed by atoms with van der Waals surface area (Å²) in [5.74, 6) is 0.709. The van der Waals surface area contributed by atoms with Crippen molar-refractivity contribution in [1.82, 2.24) is 10.6 Å². The van der Waals surface area contributed by atoms with Crippen LogP contribution in [0.2, 0.25) is 0 Å². The molecule has 1 saturated carbocycles. The maximum atomic E-state index is 11.5. The molecule has 1 fully saturated rings. The highest BCUT2D eigenvalue weighted by molar-refractivity contribution is 7.98. The van der Waals surface area contributed by atoms with E-state index in [9.17, 15) is 9.59 Å². The molecule has 6 heteroatoms. The van der Waals surface area contributed by atoms with Crippen LogP contribution in [0, 0.1) is 0 Å². The zero-order chi connectivity index (χ0) is 12.7. The van der Waals surface area contributed by atoms with Gasteiger partial charge in [-0.05, 0) is 31.3 Å². The van der Waals surface area contributed by atoms with E-state index in [2.05, 4.69) is 10.6 Å². The van der Waals surface area contributed by atoms with Crippen LogP contribution in [0.25, 0.3) is 0 Å². The Morgan fingerprint density at radius 2 is 2.18 bits per heavy atom. The van der Waals surface area contributed by atoms with Gasteiger partial charge in [0.15, 0.2) is 0 Å². The molecule has 0 radical (unpaired) electrons. The Bertz CT molecular complexity index is 269. The quantitative estimate of drug-likeness (QED) is 0.566. The van der Waals surface area contributed by atoms with Gasteiger partial charge >= 0.3 is 0 Å². The summed E-state index contributed by atoms with van der Waals surface area (Å²) in [6.45, 7) is 0.365. The number of nitrogens with two attached hydrogens (primary N) is 1. The first-order valence-electron chi connectivity index (χ1n) is 5.95. The second-order valence-electron chi connectivity index (χ2n) is 4.27. The largest absolute Gasteiger partial charge is 0.354 e. The van der Waals surface area contributed by atoms with Gasteiger partial charge in [0.25, 0.3) is 0 Å². The maximum Gasteiger partial charge on any atom is 0.236 e. The van der Waals surface area contributed by atoms with Gasteiger partial charge in [-0.25, -0.2) is 0 Å². The van der Waals surface area contributed by atoms with Crippen LogP contribution < -0.4 is 16.4 Å². The molecule has 0 saturated heterocycles. The number of nitrogens with one attached hydrogen (secondary N) is 2. The number of hydrogen-bond donors (Lipinski definition) is 3. The van der Waals surface area contributed by atoms with Gasteiger partial charge in [-0.1, -0.05) is 0 Å². The summed E-state index contributed by atoms with van der Waals surface area (Å²) >= 11 is 1.67. The minimum Gasteiger partial charge on any atom is -0.354 e. The van der Waals surface area contributed by atoms with Gasteiger partial charge in [0.1, 0.15) is 0 Å². The van der Waals surface area contributed by atoms with Crippen LogP contribution >= 0.6 is 11.8 Å². The molecule has 0 aromatic heterocycles. The lowest BCUT2D eigenvalue weighted by Crippen LogP contribution is -2.42. The van der Waals surface area contributed by atoms with E-state index < -0.39 is 6.04 Å². The van der Waals surface area contributed by atoms with Gasteiger partial charge in [-0.2, -0.15) is 11.8 Å². The molecule has 1 aliphatic carbocycles. The van der Waals surface area contributed by atoms with E-state index in [-0.39, 0.29) is 11.8 Å². The summed E-state index contributed by atoms with van der Waals surface area (Å²) in [7, 11) is 0. The van der Waals surface area contributed by atoms with Crippen molar-refractivity contribution < 1.29 is 9.59 Å². The summed E-state index contributed by atoms with van der Waals surface area (Å²) in [6, 6.07) is -0.0871. The summed E-state index contributed by atoms with van der Waals surface area (Å²) in [5.41, 5.74) is 5.68. The fourth-order valence-electron chi connectivity index (χ4n) is 1.33. The van der Waals surface area contributed by atoms with Crippen LogP contribution in [-0.4, -0.2) is 42.5 Å². The molecular weight excluding hydrogens is 238 g/mol. The molecule has 0 aliphatic heterocycles. The molecule has 5 nitrogen and oxygen atoms in total. The Hall–Kier alpha value is -0.750. The summed E-state index contributed by atoms with van der Waals surface area (Å²) in [6.07, 6.45) is 5.14. The number of rotatable bonds is 8. The molecule has 0 spiro atoms. The fourth-order valence-corrected chi connectivity index (χ4v) is 1.82. The van der Waals surface area contributed by atoms with Crippen LogP contribution in [0.15, 0.2) is 0 Å². The standard InChI is InChI=1S/C11H21N3O2S/c1-17-7-5-9(12)11(16)13-6-4-10(15)14-8-2-3-8/h8-9H,2-7,12H2,1H3,(H,13,16)(H,14,15)/t9-/m1/s1. The fraction of sp³-hybridized carbons (Fsp3) is 0.818. The minimum atomic E-state index is -0.464. The molecule has 0 heterocycles. The number of carbonyl (C=O) groups excluding carboxylic acids is 2. The van der Waals surface area contributed by atoms with Crippen molar-refractivity contribution in [3.05, 3.63) is 0 Å². The third kappa shape index (κ3) is 6.53. The normalized spacial score (nSPS) is 16.4. The summed E-state index contributed by atoms with van der Waals surface area (Å²) < 4.78 is 0. The molecule has 17 heavy (non-hydrogen) atoms. The van der Waals surface area contributed by atoms with E-state index in [0.29, 0.717) is 25.4 Å². The van der Waals surface area contributed by atoms with Crippen molar-refractivity contribution in [3.63, 3.8) is 0 Å². The van der Waals surface area contributed by atoms with Crippen molar-refractivity contribution in [2.75, 3.05) is 18.6 Å². The first-order chi connectivity index (χ1) is 8.13. The average Bonchev–Trinajstić information content (AvgIpc) is 3.09. The minimum absolute atomic E-state index is 0.00508. The molecule has 0 aromatic carbocycles. The van der Waals surface area contributed by atoms with Crippen molar-refractivity contribution in [1.29, 1.82) is 0 Å². The van der Waals surface area contributed by atoms with Gasteiger partial charge in [0, 0.05) is 19.0 Å². The zero-order valence-electron chi connectivity index (χ0n) is 10.2. The van der Waals surface area contributed by atoms with E-state index in [4.69, 9.17) is 5.73 Å². The first kappa shape index (κ1) is 14.3. The Morgan fingerprint density at radius 3 is 2.76 bits per heavy atom. The molecule has 98 valence electrons. The van der Waals surface area contributed by atoms with E-state index in [1.54, 1.807) is 11.8 Å². The van der Waals surface area contributed by atoms with Crippen molar-refractivity contribution >= 4 is 23.6 Å². The zero-order valence-corrected chi connectivity index (χ0v) is 11.0. The highest BCUT2D eigenvalue weighted by atomic mass is 32.2. The van der Waals surface area contributed by atoms with Crippen molar-refractivity contribution in [2.24, 2.45) is 5.73 Å². The molecule has 2 amide bonds. The van der Waals surface area contributed by atoms with Crippen LogP contribution in [0.1, 0.15) is 25.7 Å². The lowest BCUT2D eigenvalue weighted by atomic mass is 10.2. The SMILES string of the molecule is CSCC[C@@H](N)C(=O)NCCC(=O)NC1CC1. The second-order valence-corrected chi connectivity index (χ2v) is 5.26. The molecule has 0 aromatic rings. The topological polar surface area (TPSA) is 84.2 Å². The Labute approximate surface area is 106 Å². The van der Waals surface area contributed by atoms with Gasteiger partial charge < -0.3 is 16.4 Å². The lowest BCUT2D eigenvalue weighted by molar-refractivity contribution is -0.123. The number of amides is 2. The number of carbonyl (C=O) groups is 2. The van der Waals surface area contributed by atoms with Crippen LogP contribution in [0.4, 0.5) is 0 Å². The highest BCUT2D eigenvalue weighted by Crippen LogP contribution is 2.18. The molecule has 0 unspecified atom stereocenters. The van der Waals surface area contributed by atoms with E-state index in [1.165, 1.54) is 0 Å². The molecular formula is C11H21N3O2S. The molecule has 1 aliphatic rings. The Kier molecular flexibility index (Phi) is 6.36. The van der Waals surface area contributed by atoms with Crippen molar-refractivity contribution in [3.8, 4) is 0 Å². The third-order valence-electron chi connectivity index (χ3n) is 2.56. The maximum absolute atomic E-state index is 11.5.